The summed E-state index contributed by atoms with van der Waals surface area (Å²) >= 11 is 4.11. The van der Waals surface area contributed by atoms with Crippen LogP contribution in [0, 0.1) is 11.8 Å². The minimum atomic E-state index is -1.93. The molecule has 0 radical (unpaired) electrons. The van der Waals surface area contributed by atoms with Gasteiger partial charge in [0.15, 0.2) is 11.9 Å². The van der Waals surface area contributed by atoms with Gasteiger partial charge in [-0.25, -0.2) is 4.79 Å². The molecule has 33 heteroatoms. The Morgan fingerprint density at radius 3 is 1.44 bits per heavy atom. The molecule has 0 aromatic rings. The fourth-order valence-electron chi connectivity index (χ4n) is 8.09. The molecule has 1 fully saturated rings. The van der Waals surface area contributed by atoms with Gasteiger partial charge < -0.3 is 97.2 Å². The van der Waals surface area contributed by atoms with E-state index in [0.717, 1.165) is 6.92 Å². The molecule has 10 atom stereocenters. The zero-order valence-electron chi connectivity index (χ0n) is 45.7. The van der Waals surface area contributed by atoms with Crippen molar-refractivity contribution in [2.75, 3.05) is 31.9 Å². The largest absolute Gasteiger partial charge is 0.481 e. The van der Waals surface area contributed by atoms with Gasteiger partial charge in [0.1, 0.15) is 54.4 Å². The van der Waals surface area contributed by atoms with E-state index in [1.54, 1.807) is 27.7 Å². The second kappa shape index (κ2) is 35.9. The number of nitrogens with one attached hydrogen (secondary N) is 8. The highest BCUT2D eigenvalue weighted by Crippen LogP contribution is 2.18. The highest BCUT2D eigenvalue weighted by atomic mass is 32.1. The summed E-state index contributed by atoms with van der Waals surface area (Å²) in [4.78, 5) is 168. The van der Waals surface area contributed by atoms with E-state index in [0.29, 0.717) is 6.42 Å². The molecule has 0 spiro atoms. The van der Waals surface area contributed by atoms with Crippen molar-refractivity contribution in [3.05, 3.63) is 0 Å². The average Bonchev–Trinajstić information content (AvgIpc) is 3.87. The Bertz CT molecular complexity index is 2230. The molecule has 1 aliphatic heterocycles. The number of hydrogen-bond acceptors (Lipinski definition) is 17. The number of nitrogens with zero attached hydrogens (tertiary/aromatic N) is 3. The summed E-state index contributed by atoms with van der Waals surface area (Å²) < 4.78 is 0. The van der Waals surface area contributed by atoms with Crippen LogP contribution in [0.3, 0.4) is 0 Å². The summed E-state index contributed by atoms with van der Waals surface area (Å²) in [7, 11) is 0. The van der Waals surface area contributed by atoms with Crippen LogP contribution in [0.4, 0.5) is 0 Å². The first-order valence-corrected chi connectivity index (χ1v) is 26.6. The number of carboxylic acids is 2. The lowest BCUT2D eigenvalue weighted by molar-refractivity contribution is -0.143. The number of hydrogen-bond donors (Lipinski definition) is 18. The molecule has 0 unspecified atom stereocenters. The Morgan fingerprint density at radius 1 is 0.575 bits per heavy atom. The van der Waals surface area contributed by atoms with Gasteiger partial charge in [-0.05, 0) is 76.5 Å². The number of aliphatic carboxylic acids is 2. The number of carboxylic acid groups (broad SMARTS) is 2. The number of primary amides is 1. The first-order valence-electron chi connectivity index (χ1n) is 26.0. The second-order valence-electron chi connectivity index (χ2n) is 19.9. The molecule has 0 aliphatic carbocycles. The second-order valence-corrected chi connectivity index (χ2v) is 20.2. The molecule has 1 rings (SSSR count). The van der Waals surface area contributed by atoms with Crippen LogP contribution in [0.15, 0.2) is 9.98 Å². The highest BCUT2D eigenvalue weighted by Gasteiger charge is 2.39. The van der Waals surface area contributed by atoms with E-state index in [2.05, 4.69) is 65.1 Å². The van der Waals surface area contributed by atoms with Gasteiger partial charge in [-0.3, -0.25) is 62.7 Å². The van der Waals surface area contributed by atoms with Gasteiger partial charge in [0.2, 0.25) is 59.1 Å². The first-order chi connectivity index (χ1) is 37.4. The number of guanidine groups is 2. The normalized spacial score (nSPS) is 16.3. The average molecular weight is 1160 g/mol. The van der Waals surface area contributed by atoms with Crippen molar-refractivity contribution in [1.82, 2.24) is 47.4 Å². The van der Waals surface area contributed by atoms with E-state index >= 15 is 0 Å². The predicted molar refractivity (Wildman–Crippen MR) is 292 cm³/mol. The maximum atomic E-state index is 14.3. The molecular formula is C47H83N17O15S. The van der Waals surface area contributed by atoms with Gasteiger partial charge in [-0.2, -0.15) is 12.6 Å². The summed E-state index contributed by atoms with van der Waals surface area (Å²) in [5, 5.41) is 49.4. The van der Waals surface area contributed by atoms with Crippen molar-refractivity contribution in [2.45, 2.75) is 166 Å². The number of carbonyl (C=O) groups excluding carboxylic acids is 10. The van der Waals surface area contributed by atoms with E-state index in [-0.39, 0.29) is 88.3 Å². The summed E-state index contributed by atoms with van der Waals surface area (Å²) in [5.41, 5.74) is 32.7. The monoisotopic (exact) mass is 1160 g/mol. The number of nitrogens with two attached hydrogens (primary N) is 6. The van der Waals surface area contributed by atoms with Gasteiger partial charge in [0, 0.05) is 31.8 Å². The molecule has 0 aromatic carbocycles. The highest BCUT2D eigenvalue weighted by molar-refractivity contribution is 7.80. The number of carbonyl (C=O) groups is 12. The minimum absolute atomic E-state index is 0.00504. The number of likely N-dealkylation sites (tertiary alicyclic amines) is 1. The lowest BCUT2D eigenvalue weighted by atomic mass is 10.00. The zero-order chi connectivity index (χ0) is 61.0. The quantitative estimate of drug-likeness (QED) is 0.0119. The van der Waals surface area contributed by atoms with E-state index in [1.165, 1.54) is 4.90 Å². The Balaban J connectivity index is 3.56. The van der Waals surface area contributed by atoms with Gasteiger partial charge in [0.05, 0.1) is 19.1 Å². The molecule has 0 bridgehead atoms. The van der Waals surface area contributed by atoms with E-state index in [9.17, 15) is 72.9 Å². The van der Waals surface area contributed by atoms with Gasteiger partial charge in [-0.15, -0.1) is 0 Å². The molecule has 1 aliphatic rings. The summed E-state index contributed by atoms with van der Waals surface area (Å²) in [6.45, 7) is 7.83. The smallest absolute Gasteiger partial charge is 0.326 e. The minimum Gasteiger partial charge on any atom is -0.481 e. The first kappa shape index (κ1) is 70.5. The third-order valence-electron chi connectivity index (χ3n) is 12.1. The van der Waals surface area contributed by atoms with Crippen LogP contribution in [-0.4, -0.2) is 196 Å². The fraction of sp³-hybridized carbons (Fsp3) is 0.702. The number of amides is 10. The molecule has 1 heterocycles. The maximum absolute atomic E-state index is 14.3. The Hall–Kier alpha value is -7.55. The standard InChI is InChI=1S/C47H83N17O15S/c1-22(2)17-28(40(73)61-30(45(78)79)18-23(3)4)59-38(71)26(10-7-15-55-47(52)53)56-37(70)25(9-6-14-54-46(50)51)57-39(72)27(12-13-35(68)69)58-44(77)36(24(5)65)63-42(75)31(21-80)62-41(74)29(19-33(49)66)60-43(76)32-11-8-16-64(32)34(67)20-48/h22-32,36,65,80H,6-21,48H2,1-5H3,(H2,49,66)(H,56,70)(H,57,72)(H,58,77)(H,59,71)(H,60,76)(H,61,73)(H,62,74)(H,63,75)(H,68,69)(H,78,79)(H4,50,51,54)(H4,52,53,55)/t24-,25+,26+,27+,28+,29+,30+,31+,32+,36+/m1/s1. The SMILES string of the molecule is CC(C)C[C@H](NC(=O)[C@H](CC(C)C)NC(=O)[C@H](CCCN=C(N)N)NC(=O)[C@H](CCCN=C(N)N)NC(=O)[C@H](CCC(=O)O)NC(=O)[C@@H](NC(=O)[C@H](CS)NC(=O)[C@H](CC(N)=O)NC(=O)[C@@H]1CCCN1C(=O)CN)[C@@H](C)O)C(=O)O. The van der Waals surface area contributed by atoms with Crippen molar-refractivity contribution in [3.8, 4) is 0 Å². The summed E-state index contributed by atoms with van der Waals surface area (Å²) in [5.74, 6) is -13.9. The van der Waals surface area contributed by atoms with Crippen LogP contribution in [0.2, 0.25) is 0 Å². The van der Waals surface area contributed by atoms with Crippen molar-refractivity contribution >= 4 is 95.6 Å². The fourth-order valence-corrected chi connectivity index (χ4v) is 8.34. The molecule has 0 aromatic heterocycles. The summed E-state index contributed by atoms with van der Waals surface area (Å²) in [6, 6.07) is -13.7. The maximum Gasteiger partial charge on any atom is 0.326 e. The van der Waals surface area contributed by atoms with Gasteiger partial charge in [0.25, 0.3) is 0 Å². The molecule has 0 saturated carbocycles. The molecule has 1 saturated heterocycles. The Labute approximate surface area is 468 Å². The molecule has 23 N–H and O–H groups in total. The molecule has 80 heavy (non-hydrogen) atoms. The lowest BCUT2D eigenvalue weighted by Gasteiger charge is -2.29. The van der Waals surface area contributed by atoms with Crippen LogP contribution in [0.1, 0.15) is 105 Å². The molecule has 452 valence electrons. The lowest BCUT2D eigenvalue weighted by Crippen LogP contribution is -2.62. The Morgan fingerprint density at radius 2 is 1.00 bits per heavy atom. The third-order valence-corrected chi connectivity index (χ3v) is 12.4. The number of aliphatic hydroxyl groups excluding tert-OH is 1. The number of thiol groups is 1. The van der Waals surface area contributed by atoms with Crippen molar-refractivity contribution in [2.24, 2.45) is 56.2 Å². The molecule has 32 nitrogen and oxygen atoms in total. The number of rotatable bonds is 37. The van der Waals surface area contributed by atoms with Crippen LogP contribution in [0.25, 0.3) is 0 Å². The predicted octanol–water partition coefficient (Wildman–Crippen LogP) is -6.85. The van der Waals surface area contributed by atoms with E-state index < -0.39 is 163 Å². The molecule has 10 amide bonds. The third kappa shape index (κ3) is 26.4. The van der Waals surface area contributed by atoms with Crippen LogP contribution < -0.4 is 76.9 Å². The van der Waals surface area contributed by atoms with E-state index in [1.807, 2.05) is 0 Å². The molecular weight excluding hydrogens is 1070 g/mol. The summed E-state index contributed by atoms with van der Waals surface area (Å²) in [6.07, 6.45) is -3.43. The zero-order valence-corrected chi connectivity index (χ0v) is 46.6. The van der Waals surface area contributed by atoms with Crippen LogP contribution >= 0.6 is 12.6 Å². The number of aliphatic hydroxyl groups is 1. The van der Waals surface area contributed by atoms with Crippen LogP contribution in [0.5, 0.6) is 0 Å². The topological polar surface area (TPSA) is 546 Å². The Kier molecular flexibility index (Phi) is 31.6. The van der Waals surface area contributed by atoms with Crippen molar-refractivity contribution < 1.29 is 72.9 Å². The van der Waals surface area contributed by atoms with Crippen LogP contribution in [-0.2, 0) is 57.5 Å². The number of aliphatic imine (C=N–C) groups is 2. The van der Waals surface area contributed by atoms with Gasteiger partial charge >= 0.3 is 11.9 Å². The van der Waals surface area contributed by atoms with Crippen molar-refractivity contribution in [1.29, 1.82) is 0 Å². The van der Waals surface area contributed by atoms with E-state index in [4.69, 9.17) is 34.4 Å². The van der Waals surface area contributed by atoms with Gasteiger partial charge in [-0.1, -0.05) is 27.7 Å². The van der Waals surface area contributed by atoms with Crippen molar-refractivity contribution in [3.63, 3.8) is 0 Å².